The second-order valence-corrected chi connectivity index (χ2v) is 4.17. The zero-order chi connectivity index (χ0) is 14.8. The summed E-state index contributed by atoms with van der Waals surface area (Å²) in [7, 11) is 0. The Morgan fingerprint density at radius 3 is 2.60 bits per heavy atom. The molecule has 0 aromatic carbocycles. The number of halogens is 3. The molecule has 9 heteroatoms. The van der Waals surface area contributed by atoms with E-state index in [0.29, 0.717) is 32.5 Å². The number of alkyl halides is 3. The number of aromatic nitrogens is 1. The standard InChI is InChI=1S/C11H13F3N4O2/c12-11(13,14)7-5-8(18-1-3-20-4-2-18)9(16-6-7)10(15)17-19/h5-6,19H,1-4H2,(H2,15,17). The van der Waals surface area contributed by atoms with Crippen molar-refractivity contribution in [1.82, 2.24) is 4.98 Å². The minimum Gasteiger partial charge on any atom is -0.409 e. The molecule has 1 aromatic heterocycles. The molecule has 0 aliphatic carbocycles. The summed E-state index contributed by atoms with van der Waals surface area (Å²) in [6.07, 6.45) is -3.84. The first kappa shape index (κ1) is 14.4. The molecule has 2 heterocycles. The van der Waals surface area contributed by atoms with Crippen molar-refractivity contribution in [3.8, 4) is 0 Å². The number of morpholine rings is 1. The summed E-state index contributed by atoms with van der Waals surface area (Å²) >= 11 is 0. The molecule has 0 spiro atoms. The van der Waals surface area contributed by atoms with Gasteiger partial charge in [0, 0.05) is 19.3 Å². The molecule has 110 valence electrons. The van der Waals surface area contributed by atoms with Crippen LogP contribution in [0.3, 0.4) is 0 Å². The molecule has 1 aliphatic heterocycles. The van der Waals surface area contributed by atoms with Gasteiger partial charge in [0.05, 0.1) is 24.5 Å². The predicted octanol–water partition coefficient (Wildman–Crippen LogP) is 1.03. The molecule has 6 nitrogen and oxygen atoms in total. The van der Waals surface area contributed by atoms with Crippen molar-refractivity contribution in [3.63, 3.8) is 0 Å². The first-order valence-corrected chi connectivity index (χ1v) is 5.81. The van der Waals surface area contributed by atoms with E-state index in [1.165, 1.54) is 0 Å². The van der Waals surface area contributed by atoms with Gasteiger partial charge >= 0.3 is 6.18 Å². The van der Waals surface area contributed by atoms with Crippen molar-refractivity contribution in [2.45, 2.75) is 6.18 Å². The lowest BCUT2D eigenvalue weighted by Gasteiger charge is -2.30. The van der Waals surface area contributed by atoms with Gasteiger partial charge in [-0.1, -0.05) is 5.16 Å². The SMILES string of the molecule is N/C(=N\O)c1ncc(C(F)(F)F)cc1N1CCOCC1. The molecule has 1 aromatic rings. The van der Waals surface area contributed by atoms with E-state index in [4.69, 9.17) is 15.7 Å². The Labute approximate surface area is 112 Å². The molecule has 0 radical (unpaired) electrons. The van der Waals surface area contributed by atoms with Gasteiger partial charge in [0.25, 0.3) is 0 Å². The minimum absolute atomic E-state index is 0.0161. The van der Waals surface area contributed by atoms with Gasteiger partial charge in [0.2, 0.25) is 0 Å². The summed E-state index contributed by atoms with van der Waals surface area (Å²) < 4.78 is 43.4. The number of hydrogen-bond acceptors (Lipinski definition) is 5. The third-order valence-electron chi connectivity index (χ3n) is 2.90. The lowest BCUT2D eigenvalue weighted by molar-refractivity contribution is -0.137. The van der Waals surface area contributed by atoms with Crippen LogP contribution in [0.5, 0.6) is 0 Å². The van der Waals surface area contributed by atoms with Gasteiger partial charge in [-0.05, 0) is 6.07 Å². The maximum Gasteiger partial charge on any atom is 0.417 e. The van der Waals surface area contributed by atoms with E-state index in [-0.39, 0.29) is 17.2 Å². The summed E-state index contributed by atoms with van der Waals surface area (Å²) in [5, 5.41) is 11.5. The number of oxime groups is 1. The molecule has 0 saturated carbocycles. The van der Waals surface area contributed by atoms with Gasteiger partial charge in [-0.15, -0.1) is 0 Å². The molecule has 0 bridgehead atoms. The van der Waals surface area contributed by atoms with Crippen LogP contribution in [0.25, 0.3) is 0 Å². The van der Waals surface area contributed by atoms with E-state index in [1.807, 2.05) is 0 Å². The van der Waals surface area contributed by atoms with E-state index in [9.17, 15) is 13.2 Å². The summed E-state index contributed by atoms with van der Waals surface area (Å²) in [5.74, 6) is -0.333. The fourth-order valence-corrected chi connectivity index (χ4v) is 1.90. The molecule has 20 heavy (non-hydrogen) atoms. The predicted molar refractivity (Wildman–Crippen MR) is 64.8 cm³/mol. The number of rotatable bonds is 2. The van der Waals surface area contributed by atoms with Gasteiger partial charge in [-0.25, -0.2) is 0 Å². The maximum absolute atomic E-state index is 12.8. The average Bonchev–Trinajstić information content (AvgIpc) is 2.46. The van der Waals surface area contributed by atoms with Gasteiger partial charge < -0.3 is 20.6 Å². The van der Waals surface area contributed by atoms with E-state index < -0.39 is 11.7 Å². The topological polar surface area (TPSA) is 84.0 Å². The number of hydrogen-bond donors (Lipinski definition) is 2. The molecule has 1 fully saturated rings. The highest BCUT2D eigenvalue weighted by molar-refractivity contribution is 6.00. The summed E-state index contributed by atoms with van der Waals surface area (Å²) in [5.41, 5.74) is 4.77. The lowest BCUT2D eigenvalue weighted by atomic mass is 10.1. The normalized spacial score (nSPS) is 17.4. The summed E-state index contributed by atoms with van der Waals surface area (Å²) in [4.78, 5) is 5.34. The van der Waals surface area contributed by atoms with Crippen LogP contribution in [-0.2, 0) is 10.9 Å². The number of pyridine rings is 1. The number of nitrogens with two attached hydrogens (primary N) is 1. The molecule has 1 saturated heterocycles. The van der Waals surface area contributed by atoms with E-state index in [1.54, 1.807) is 4.90 Å². The molecule has 2 rings (SSSR count). The van der Waals surface area contributed by atoms with Crippen LogP contribution < -0.4 is 10.6 Å². The second-order valence-electron chi connectivity index (χ2n) is 4.17. The number of anilines is 1. The molecule has 0 amide bonds. The van der Waals surface area contributed by atoms with Crippen LogP contribution in [0.1, 0.15) is 11.3 Å². The first-order valence-electron chi connectivity index (χ1n) is 5.81. The van der Waals surface area contributed by atoms with Crippen molar-refractivity contribution in [3.05, 3.63) is 23.5 Å². The van der Waals surface area contributed by atoms with Crippen molar-refractivity contribution >= 4 is 11.5 Å². The Morgan fingerprint density at radius 2 is 2.05 bits per heavy atom. The molecule has 3 N–H and O–H groups in total. The molecule has 1 aliphatic rings. The summed E-state index contributed by atoms with van der Waals surface area (Å²) in [6.45, 7) is 1.61. The van der Waals surface area contributed by atoms with E-state index in [2.05, 4.69) is 10.1 Å². The Balaban J connectivity index is 2.47. The third kappa shape index (κ3) is 2.93. The van der Waals surface area contributed by atoms with Crippen molar-refractivity contribution < 1.29 is 23.1 Å². The van der Waals surface area contributed by atoms with Crippen LogP contribution in [0.15, 0.2) is 17.4 Å². The van der Waals surface area contributed by atoms with Gasteiger partial charge in [-0.3, -0.25) is 4.98 Å². The van der Waals surface area contributed by atoms with Crippen LogP contribution in [0.4, 0.5) is 18.9 Å². The number of amidine groups is 1. The fourth-order valence-electron chi connectivity index (χ4n) is 1.90. The average molecular weight is 290 g/mol. The van der Waals surface area contributed by atoms with Crippen LogP contribution in [-0.4, -0.2) is 42.3 Å². The van der Waals surface area contributed by atoms with Crippen LogP contribution in [0, 0.1) is 0 Å². The molecular formula is C11H13F3N4O2. The van der Waals surface area contributed by atoms with Crippen molar-refractivity contribution in [2.24, 2.45) is 10.9 Å². The molecule has 0 unspecified atom stereocenters. The molecular weight excluding hydrogens is 277 g/mol. The monoisotopic (exact) mass is 290 g/mol. The maximum atomic E-state index is 12.8. The Bertz CT molecular complexity index is 513. The lowest BCUT2D eigenvalue weighted by Crippen LogP contribution is -2.38. The van der Waals surface area contributed by atoms with Gasteiger partial charge in [0.15, 0.2) is 5.84 Å². The first-order chi connectivity index (χ1) is 9.43. The Kier molecular flexibility index (Phi) is 3.98. The second kappa shape index (κ2) is 5.53. The third-order valence-corrected chi connectivity index (χ3v) is 2.90. The minimum atomic E-state index is -4.50. The van der Waals surface area contributed by atoms with E-state index >= 15 is 0 Å². The van der Waals surface area contributed by atoms with Crippen molar-refractivity contribution in [1.29, 1.82) is 0 Å². The van der Waals surface area contributed by atoms with Crippen molar-refractivity contribution in [2.75, 3.05) is 31.2 Å². The number of nitrogens with zero attached hydrogens (tertiary/aromatic N) is 3. The van der Waals surface area contributed by atoms with E-state index in [0.717, 1.165) is 6.07 Å². The smallest absolute Gasteiger partial charge is 0.409 e. The fraction of sp³-hybridized carbons (Fsp3) is 0.455. The number of ether oxygens (including phenoxy) is 1. The highest BCUT2D eigenvalue weighted by Crippen LogP contribution is 2.32. The Morgan fingerprint density at radius 1 is 1.40 bits per heavy atom. The zero-order valence-corrected chi connectivity index (χ0v) is 10.4. The van der Waals surface area contributed by atoms with Gasteiger partial charge in [-0.2, -0.15) is 13.2 Å². The summed E-state index contributed by atoms with van der Waals surface area (Å²) in [6, 6.07) is 0.950. The molecule has 0 atom stereocenters. The highest BCUT2D eigenvalue weighted by Gasteiger charge is 2.33. The van der Waals surface area contributed by atoms with Crippen LogP contribution in [0.2, 0.25) is 0 Å². The highest BCUT2D eigenvalue weighted by atomic mass is 19.4. The largest absolute Gasteiger partial charge is 0.417 e. The Hall–Kier alpha value is -2.03. The zero-order valence-electron chi connectivity index (χ0n) is 10.4. The van der Waals surface area contributed by atoms with Crippen LogP contribution >= 0.6 is 0 Å². The quantitative estimate of drug-likeness (QED) is 0.368. The van der Waals surface area contributed by atoms with Gasteiger partial charge in [0.1, 0.15) is 5.69 Å².